The van der Waals surface area contributed by atoms with Crippen molar-refractivity contribution in [3.63, 3.8) is 0 Å². The van der Waals surface area contributed by atoms with E-state index in [0.717, 1.165) is 10.6 Å². The molecule has 0 aliphatic carbocycles. The normalized spacial score (nSPS) is 13.4. The molecular weight excluding hydrogens is 282 g/mol. The highest BCUT2D eigenvalue weighted by Crippen LogP contribution is 2.09. The van der Waals surface area contributed by atoms with Crippen LogP contribution in [0.5, 0.6) is 0 Å². The van der Waals surface area contributed by atoms with Gasteiger partial charge in [-0.1, -0.05) is 0 Å². The molecule has 0 aliphatic rings. The van der Waals surface area contributed by atoms with Crippen LogP contribution in [0.1, 0.15) is 13.8 Å². The minimum atomic E-state index is -3.86. The first-order valence-electron chi connectivity index (χ1n) is 5.46. The minimum Gasteiger partial charge on any atom is -0.394 e. The topological polar surface area (TPSA) is 101 Å². The third kappa shape index (κ3) is 7.27. The van der Waals surface area contributed by atoms with Crippen LogP contribution in [0.3, 0.4) is 0 Å². The Morgan fingerprint density at radius 1 is 1.17 bits per heavy atom. The molecule has 0 aromatic heterocycles. The van der Waals surface area contributed by atoms with Crippen molar-refractivity contribution in [3.8, 4) is 0 Å². The standard InChI is InChI=1S/C9H21NO6S2/c1-9(2)10(4-6-16-7-5-11)18(14,15)8-17(3,12)13/h9,11H,4-8H2,1-3H3. The summed E-state index contributed by atoms with van der Waals surface area (Å²) in [5.41, 5.74) is 0. The molecule has 0 aromatic carbocycles. The van der Waals surface area contributed by atoms with Gasteiger partial charge in [-0.25, -0.2) is 16.8 Å². The third-order valence-electron chi connectivity index (χ3n) is 1.99. The van der Waals surface area contributed by atoms with E-state index in [9.17, 15) is 16.8 Å². The van der Waals surface area contributed by atoms with E-state index in [1.54, 1.807) is 13.8 Å². The maximum Gasteiger partial charge on any atom is 0.228 e. The largest absolute Gasteiger partial charge is 0.394 e. The number of aliphatic hydroxyl groups excluding tert-OH is 1. The molecule has 0 heterocycles. The van der Waals surface area contributed by atoms with E-state index in [4.69, 9.17) is 9.84 Å². The average molecular weight is 303 g/mol. The third-order valence-corrected chi connectivity index (χ3v) is 6.21. The number of hydrogen-bond donors (Lipinski definition) is 1. The molecule has 1 N–H and O–H groups in total. The average Bonchev–Trinajstić information content (AvgIpc) is 2.12. The molecule has 0 aromatic rings. The number of hydrogen-bond acceptors (Lipinski definition) is 6. The molecule has 0 unspecified atom stereocenters. The highest BCUT2D eigenvalue weighted by molar-refractivity contribution is 8.06. The fourth-order valence-corrected chi connectivity index (χ4v) is 5.08. The minimum absolute atomic E-state index is 0.0650. The summed E-state index contributed by atoms with van der Waals surface area (Å²) in [4.78, 5) is 0. The predicted octanol–water partition coefficient (Wildman–Crippen LogP) is -0.962. The summed E-state index contributed by atoms with van der Waals surface area (Å²) in [6, 6.07) is -0.352. The molecule has 0 spiro atoms. The van der Waals surface area contributed by atoms with Crippen LogP contribution >= 0.6 is 0 Å². The van der Waals surface area contributed by atoms with Crippen molar-refractivity contribution in [2.45, 2.75) is 19.9 Å². The van der Waals surface area contributed by atoms with E-state index in [1.807, 2.05) is 0 Å². The van der Waals surface area contributed by atoms with E-state index in [0.29, 0.717) is 0 Å². The number of sulfonamides is 1. The molecule has 0 fully saturated rings. The van der Waals surface area contributed by atoms with Gasteiger partial charge in [0.25, 0.3) is 0 Å². The Bertz CT molecular complexity index is 428. The Morgan fingerprint density at radius 2 is 1.72 bits per heavy atom. The quantitative estimate of drug-likeness (QED) is 0.550. The molecule has 7 nitrogen and oxygen atoms in total. The van der Waals surface area contributed by atoms with Crippen molar-refractivity contribution in [1.82, 2.24) is 4.31 Å². The van der Waals surface area contributed by atoms with Gasteiger partial charge in [-0.05, 0) is 13.8 Å². The van der Waals surface area contributed by atoms with Crippen LogP contribution in [0.4, 0.5) is 0 Å². The Morgan fingerprint density at radius 3 is 2.11 bits per heavy atom. The molecule has 0 saturated carbocycles. The summed E-state index contributed by atoms with van der Waals surface area (Å²) < 4.78 is 52.0. The Labute approximate surface area is 109 Å². The first kappa shape index (κ1) is 17.8. The van der Waals surface area contributed by atoms with Gasteiger partial charge >= 0.3 is 0 Å². The van der Waals surface area contributed by atoms with E-state index in [-0.39, 0.29) is 32.4 Å². The van der Waals surface area contributed by atoms with Crippen molar-refractivity contribution in [2.24, 2.45) is 0 Å². The van der Waals surface area contributed by atoms with Gasteiger partial charge in [0.1, 0.15) is 0 Å². The smallest absolute Gasteiger partial charge is 0.228 e. The van der Waals surface area contributed by atoms with Crippen LogP contribution in [-0.4, -0.2) is 70.0 Å². The number of ether oxygens (including phenoxy) is 1. The number of aliphatic hydroxyl groups is 1. The van der Waals surface area contributed by atoms with Crippen molar-refractivity contribution in [3.05, 3.63) is 0 Å². The number of rotatable bonds is 9. The SMILES string of the molecule is CC(C)N(CCOCCO)S(=O)(=O)CS(C)(=O)=O. The van der Waals surface area contributed by atoms with Crippen LogP contribution in [0, 0.1) is 0 Å². The summed E-state index contributed by atoms with van der Waals surface area (Å²) in [6.07, 6.45) is 0.880. The van der Waals surface area contributed by atoms with Crippen LogP contribution in [0.2, 0.25) is 0 Å². The van der Waals surface area contributed by atoms with Gasteiger partial charge in [0.05, 0.1) is 19.8 Å². The number of nitrogens with zero attached hydrogens (tertiary/aromatic N) is 1. The molecule has 0 rings (SSSR count). The predicted molar refractivity (Wildman–Crippen MR) is 68.4 cm³/mol. The summed E-state index contributed by atoms with van der Waals surface area (Å²) in [5, 5.41) is 7.61. The highest BCUT2D eigenvalue weighted by atomic mass is 32.3. The van der Waals surface area contributed by atoms with Gasteiger partial charge in [0, 0.05) is 18.8 Å². The van der Waals surface area contributed by atoms with Gasteiger partial charge in [0.15, 0.2) is 14.9 Å². The summed E-state index contributed by atoms with van der Waals surface area (Å²) in [6.45, 7) is 3.48. The lowest BCUT2D eigenvalue weighted by molar-refractivity contribution is 0.0828. The molecule has 0 amide bonds. The molecule has 0 atom stereocenters. The summed E-state index contributed by atoms with van der Waals surface area (Å²) in [5.74, 6) is 0. The highest BCUT2D eigenvalue weighted by Gasteiger charge is 2.28. The molecule has 18 heavy (non-hydrogen) atoms. The van der Waals surface area contributed by atoms with Gasteiger partial charge < -0.3 is 9.84 Å². The summed E-state index contributed by atoms with van der Waals surface area (Å²) in [7, 11) is -7.47. The molecule has 0 aliphatic heterocycles. The second kappa shape index (κ2) is 7.39. The van der Waals surface area contributed by atoms with Gasteiger partial charge in [-0.15, -0.1) is 0 Å². The van der Waals surface area contributed by atoms with E-state index in [1.165, 1.54) is 0 Å². The van der Waals surface area contributed by atoms with Crippen molar-refractivity contribution in [1.29, 1.82) is 0 Å². The molecule has 9 heteroatoms. The van der Waals surface area contributed by atoms with Gasteiger partial charge in [-0.3, -0.25) is 0 Å². The zero-order valence-corrected chi connectivity index (χ0v) is 12.5. The van der Waals surface area contributed by atoms with E-state index < -0.39 is 24.9 Å². The second-order valence-electron chi connectivity index (χ2n) is 4.20. The van der Waals surface area contributed by atoms with Crippen LogP contribution < -0.4 is 0 Å². The maximum absolute atomic E-state index is 11.9. The Hall–Kier alpha value is -0.220. The van der Waals surface area contributed by atoms with E-state index >= 15 is 0 Å². The maximum atomic E-state index is 11.9. The Balaban J connectivity index is 4.68. The number of sulfone groups is 1. The molecule has 110 valence electrons. The zero-order chi connectivity index (χ0) is 14.4. The lowest BCUT2D eigenvalue weighted by Crippen LogP contribution is -2.42. The zero-order valence-electron chi connectivity index (χ0n) is 10.9. The molecule has 0 saturated heterocycles. The monoisotopic (exact) mass is 303 g/mol. The molecule has 0 bridgehead atoms. The van der Waals surface area contributed by atoms with E-state index in [2.05, 4.69) is 0 Å². The lowest BCUT2D eigenvalue weighted by atomic mass is 10.4. The molecule has 0 radical (unpaired) electrons. The van der Waals surface area contributed by atoms with Gasteiger partial charge in [0.2, 0.25) is 10.0 Å². The Kier molecular flexibility index (Phi) is 7.30. The first-order valence-corrected chi connectivity index (χ1v) is 9.13. The van der Waals surface area contributed by atoms with Crippen LogP contribution in [-0.2, 0) is 24.6 Å². The van der Waals surface area contributed by atoms with Crippen LogP contribution in [0.15, 0.2) is 0 Å². The van der Waals surface area contributed by atoms with Crippen molar-refractivity contribution < 1.29 is 26.7 Å². The molecular formula is C9H21NO6S2. The second-order valence-corrected chi connectivity index (χ2v) is 8.62. The summed E-state index contributed by atoms with van der Waals surface area (Å²) >= 11 is 0. The van der Waals surface area contributed by atoms with Gasteiger partial charge in [-0.2, -0.15) is 4.31 Å². The fraction of sp³-hybridized carbons (Fsp3) is 1.00. The van der Waals surface area contributed by atoms with Crippen LogP contribution in [0.25, 0.3) is 0 Å². The fourth-order valence-electron chi connectivity index (χ4n) is 1.38. The van der Waals surface area contributed by atoms with Crippen molar-refractivity contribution in [2.75, 3.05) is 37.7 Å². The van der Waals surface area contributed by atoms with Crippen molar-refractivity contribution >= 4 is 19.9 Å². The lowest BCUT2D eigenvalue weighted by Gasteiger charge is -2.25. The first-order chi connectivity index (χ1) is 8.10.